The molecule has 1 saturated carbocycles. The molecule has 0 amide bonds. The summed E-state index contributed by atoms with van der Waals surface area (Å²) in [4.78, 5) is 0. The van der Waals surface area contributed by atoms with Gasteiger partial charge >= 0.3 is 0 Å². The van der Waals surface area contributed by atoms with Crippen molar-refractivity contribution in [3.63, 3.8) is 0 Å². The molecule has 18 heavy (non-hydrogen) atoms. The molecule has 1 atom stereocenters. The van der Waals surface area contributed by atoms with Crippen LogP contribution < -0.4 is 4.31 Å². The summed E-state index contributed by atoms with van der Waals surface area (Å²) < 4.78 is 26.3. The topological polar surface area (TPSA) is 43.4 Å². The lowest BCUT2D eigenvalue weighted by Gasteiger charge is -2.25. The van der Waals surface area contributed by atoms with Crippen molar-refractivity contribution in [2.24, 2.45) is 5.92 Å². The van der Waals surface area contributed by atoms with Crippen LogP contribution in [0.2, 0.25) is 0 Å². The second kappa shape index (κ2) is 4.92. The molecule has 1 aliphatic carbocycles. The first-order chi connectivity index (χ1) is 8.66. The third kappa shape index (κ3) is 2.34. The van der Waals surface area contributed by atoms with E-state index in [4.69, 9.17) is 0 Å². The van der Waals surface area contributed by atoms with Gasteiger partial charge in [0.05, 0.1) is 4.47 Å². The smallest absolute Gasteiger partial charge is 0.118 e. The first-order valence-electron chi connectivity index (χ1n) is 5.71. The number of hydrogen-bond acceptors (Lipinski definition) is 3. The van der Waals surface area contributed by atoms with Crippen molar-refractivity contribution < 1.29 is 8.76 Å². The van der Waals surface area contributed by atoms with Crippen molar-refractivity contribution in [2.45, 2.75) is 12.8 Å². The van der Waals surface area contributed by atoms with Gasteiger partial charge in [-0.3, -0.25) is 8.51 Å². The van der Waals surface area contributed by atoms with Crippen LogP contribution in [0.15, 0.2) is 28.7 Å². The fourth-order valence-corrected chi connectivity index (χ4v) is 4.82. The summed E-state index contributed by atoms with van der Waals surface area (Å²) in [6.45, 7) is 0.599. The van der Waals surface area contributed by atoms with Crippen LogP contribution in [0.3, 0.4) is 0 Å². The maximum absolute atomic E-state index is 11.4. The molecule has 1 aromatic heterocycles. The Morgan fingerprint density at radius 3 is 2.78 bits per heavy atom. The summed E-state index contributed by atoms with van der Waals surface area (Å²) in [5.41, 5.74) is 0. The predicted octanol–water partition coefficient (Wildman–Crippen LogP) is 3.67. The minimum absolute atomic E-state index is 0.528. The molecule has 0 saturated heterocycles. The summed E-state index contributed by atoms with van der Waals surface area (Å²) in [5, 5.41) is 1.86. The highest BCUT2D eigenvalue weighted by atomic mass is 79.9. The summed E-state index contributed by atoms with van der Waals surface area (Å²) in [6.07, 6.45) is 2.27. The highest BCUT2D eigenvalue weighted by Gasteiger charge is 2.27. The zero-order chi connectivity index (χ0) is 12.7. The van der Waals surface area contributed by atoms with Gasteiger partial charge in [0, 0.05) is 27.9 Å². The van der Waals surface area contributed by atoms with E-state index in [0.29, 0.717) is 12.5 Å². The Morgan fingerprint density at radius 1 is 1.44 bits per heavy atom. The lowest BCUT2D eigenvalue weighted by Crippen LogP contribution is -2.27. The van der Waals surface area contributed by atoms with Crippen molar-refractivity contribution in [2.75, 3.05) is 10.8 Å². The standard InChI is InChI=1S/C12H12BrNO2S2/c13-11-9-3-1-2-4-10(9)17-12(11)14(18(15)16)7-8-5-6-8/h1-4,8H,5-7H2,(H,15,16)/p-1. The molecule has 0 spiro atoms. The maximum atomic E-state index is 11.4. The number of hydrogen-bond donors (Lipinski definition) is 0. The molecule has 2 aromatic rings. The molecule has 1 aromatic carbocycles. The fourth-order valence-electron chi connectivity index (χ4n) is 1.91. The molecule has 0 radical (unpaired) electrons. The zero-order valence-corrected chi connectivity index (χ0v) is 12.7. The highest BCUT2D eigenvalue weighted by molar-refractivity contribution is 9.10. The number of thiophene rings is 1. The molecular formula is C12H11BrNO2S2-. The molecule has 0 bridgehead atoms. The number of anilines is 1. The van der Waals surface area contributed by atoms with Crippen molar-refractivity contribution in [3.05, 3.63) is 28.7 Å². The van der Waals surface area contributed by atoms with E-state index in [1.807, 2.05) is 24.3 Å². The molecule has 1 fully saturated rings. The van der Waals surface area contributed by atoms with Gasteiger partial charge in [-0.15, -0.1) is 11.3 Å². The molecule has 0 N–H and O–H groups in total. The van der Waals surface area contributed by atoms with Crippen LogP contribution in [0.1, 0.15) is 12.8 Å². The second-order valence-electron chi connectivity index (χ2n) is 4.44. The van der Waals surface area contributed by atoms with Crippen LogP contribution in [0.4, 0.5) is 5.00 Å². The van der Waals surface area contributed by atoms with Crippen LogP contribution in [0.25, 0.3) is 10.1 Å². The van der Waals surface area contributed by atoms with E-state index in [2.05, 4.69) is 15.9 Å². The van der Waals surface area contributed by atoms with E-state index >= 15 is 0 Å². The number of benzene rings is 1. The molecular weight excluding hydrogens is 334 g/mol. The Hall–Kier alpha value is -0.430. The van der Waals surface area contributed by atoms with Gasteiger partial charge < -0.3 is 4.55 Å². The van der Waals surface area contributed by atoms with Gasteiger partial charge in [0.15, 0.2) is 0 Å². The molecule has 96 valence electrons. The summed E-state index contributed by atoms with van der Waals surface area (Å²) in [6, 6.07) is 7.94. The quantitative estimate of drug-likeness (QED) is 0.794. The van der Waals surface area contributed by atoms with E-state index in [9.17, 15) is 8.76 Å². The van der Waals surface area contributed by atoms with E-state index in [1.54, 1.807) is 0 Å². The molecule has 1 unspecified atom stereocenters. The highest BCUT2D eigenvalue weighted by Crippen LogP contribution is 2.43. The Bertz CT molecular complexity index is 609. The monoisotopic (exact) mass is 344 g/mol. The van der Waals surface area contributed by atoms with Gasteiger partial charge in [-0.1, -0.05) is 18.2 Å². The predicted molar refractivity (Wildman–Crippen MR) is 78.5 cm³/mol. The Morgan fingerprint density at radius 2 is 2.17 bits per heavy atom. The third-order valence-corrected chi connectivity index (χ3v) is 6.11. The molecule has 6 heteroatoms. The zero-order valence-electron chi connectivity index (χ0n) is 9.47. The minimum Gasteiger partial charge on any atom is -0.755 e. The normalized spacial score (nSPS) is 17.0. The Labute approximate surface area is 120 Å². The van der Waals surface area contributed by atoms with Crippen LogP contribution in [0, 0.1) is 5.92 Å². The lowest BCUT2D eigenvalue weighted by atomic mass is 10.3. The van der Waals surface area contributed by atoms with Gasteiger partial charge in [0.1, 0.15) is 5.00 Å². The largest absolute Gasteiger partial charge is 0.755 e. The van der Waals surface area contributed by atoms with Gasteiger partial charge in [0.2, 0.25) is 0 Å². The Balaban J connectivity index is 2.04. The van der Waals surface area contributed by atoms with Crippen molar-refractivity contribution in [1.29, 1.82) is 0 Å². The summed E-state index contributed by atoms with van der Waals surface area (Å²) in [7, 11) is 0. The number of halogens is 1. The molecule has 3 rings (SSSR count). The van der Waals surface area contributed by atoms with E-state index < -0.39 is 11.3 Å². The number of rotatable bonds is 4. The van der Waals surface area contributed by atoms with Crippen LogP contribution in [0.5, 0.6) is 0 Å². The minimum atomic E-state index is -2.21. The molecule has 1 heterocycles. The molecule has 0 aliphatic heterocycles. The lowest BCUT2D eigenvalue weighted by molar-refractivity contribution is 0.530. The first-order valence-corrected chi connectivity index (χ1v) is 8.35. The van der Waals surface area contributed by atoms with E-state index in [-0.39, 0.29) is 0 Å². The van der Waals surface area contributed by atoms with E-state index in [1.165, 1.54) is 15.6 Å². The average molecular weight is 345 g/mol. The fraction of sp³-hybridized carbons (Fsp3) is 0.333. The van der Waals surface area contributed by atoms with Crippen molar-refractivity contribution in [1.82, 2.24) is 0 Å². The van der Waals surface area contributed by atoms with Gasteiger partial charge in [-0.2, -0.15) is 0 Å². The first kappa shape index (κ1) is 12.6. The van der Waals surface area contributed by atoms with Gasteiger partial charge in [0.25, 0.3) is 0 Å². The third-order valence-electron chi connectivity index (χ3n) is 3.05. The van der Waals surface area contributed by atoms with Gasteiger partial charge in [-0.25, -0.2) is 0 Å². The number of fused-ring (bicyclic) bond motifs is 1. The van der Waals surface area contributed by atoms with Crippen molar-refractivity contribution >= 4 is 53.6 Å². The average Bonchev–Trinajstić information content (AvgIpc) is 3.12. The second-order valence-corrected chi connectivity index (χ2v) is 7.14. The van der Waals surface area contributed by atoms with Crippen LogP contribution in [-0.4, -0.2) is 15.3 Å². The van der Waals surface area contributed by atoms with Gasteiger partial charge in [-0.05, 0) is 40.8 Å². The SMILES string of the molecule is O=S([O-])N(CC1CC1)c1sc2ccccc2c1Br. The molecule has 3 nitrogen and oxygen atoms in total. The maximum Gasteiger partial charge on any atom is 0.118 e. The summed E-state index contributed by atoms with van der Waals surface area (Å²) >= 11 is 2.83. The van der Waals surface area contributed by atoms with Crippen molar-refractivity contribution in [3.8, 4) is 0 Å². The summed E-state index contributed by atoms with van der Waals surface area (Å²) in [5.74, 6) is 0.528. The number of nitrogens with zero attached hydrogens (tertiary/aromatic N) is 1. The molecule has 1 aliphatic rings. The van der Waals surface area contributed by atoms with Crippen LogP contribution in [-0.2, 0) is 11.3 Å². The Kier molecular flexibility index (Phi) is 3.44. The van der Waals surface area contributed by atoms with Crippen LogP contribution >= 0.6 is 27.3 Å². The van der Waals surface area contributed by atoms with E-state index in [0.717, 1.165) is 32.4 Å².